The molecule has 2 atom stereocenters. The Hall–Kier alpha value is -0.870. The number of nitrogens with one attached hydrogen (secondary N) is 1. The van der Waals surface area contributed by atoms with Crippen molar-refractivity contribution < 1.29 is 9.53 Å². The number of rotatable bonds is 5. The normalized spacial score (nSPS) is 14.1. The van der Waals surface area contributed by atoms with Crippen molar-refractivity contribution in [2.45, 2.75) is 32.4 Å². The number of carbonyl (C=O) groups excluding carboxylic acids is 1. The van der Waals surface area contributed by atoms with Crippen LogP contribution in [0.5, 0.6) is 0 Å². The van der Waals surface area contributed by atoms with Gasteiger partial charge in [-0.3, -0.25) is 10.1 Å². The molecule has 0 saturated carbocycles. The predicted molar refractivity (Wildman–Crippen MR) is 71.8 cm³/mol. The van der Waals surface area contributed by atoms with Crippen molar-refractivity contribution in [1.29, 1.82) is 0 Å². The second-order valence-electron chi connectivity index (χ2n) is 3.93. The van der Waals surface area contributed by atoms with Crippen LogP contribution in [-0.2, 0) is 9.53 Å². The summed E-state index contributed by atoms with van der Waals surface area (Å²) >= 11 is 3.44. The van der Waals surface area contributed by atoms with Gasteiger partial charge in [0.2, 0.25) is 0 Å². The lowest BCUT2D eigenvalue weighted by atomic mass is 10.1. The molecule has 1 aromatic rings. The van der Waals surface area contributed by atoms with E-state index in [1.54, 1.807) is 0 Å². The minimum atomic E-state index is -0.256. The van der Waals surface area contributed by atoms with Crippen LogP contribution in [0.1, 0.15) is 31.9 Å². The molecule has 17 heavy (non-hydrogen) atoms. The first-order chi connectivity index (χ1) is 8.08. The third-order valence-electron chi connectivity index (χ3n) is 2.69. The Morgan fingerprint density at radius 3 is 2.76 bits per heavy atom. The van der Waals surface area contributed by atoms with Crippen LogP contribution in [0.4, 0.5) is 0 Å². The number of carbonyl (C=O) groups is 1. The highest BCUT2D eigenvalue weighted by Gasteiger charge is 2.19. The molecular formula is C13H18BrNO2. The third-order valence-corrected chi connectivity index (χ3v) is 3.19. The Balaban J connectivity index is 2.70. The quantitative estimate of drug-likeness (QED) is 0.849. The van der Waals surface area contributed by atoms with Crippen LogP contribution in [0.15, 0.2) is 28.7 Å². The molecule has 0 amide bonds. The predicted octanol–water partition coefficient (Wildman–Crippen LogP) is 3.05. The molecule has 94 valence electrons. The Kier molecular flexibility index (Phi) is 5.65. The summed E-state index contributed by atoms with van der Waals surface area (Å²) in [6.07, 6.45) is 0.713. The summed E-state index contributed by atoms with van der Waals surface area (Å²) in [4.78, 5) is 11.5. The van der Waals surface area contributed by atoms with Gasteiger partial charge in [-0.2, -0.15) is 0 Å². The molecule has 3 nitrogen and oxygen atoms in total. The average molecular weight is 300 g/mol. The summed E-state index contributed by atoms with van der Waals surface area (Å²) < 4.78 is 5.79. The van der Waals surface area contributed by atoms with Gasteiger partial charge < -0.3 is 4.74 Å². The second-order valence-corrected chi connectivity index (χ2v) is 4.84. The molecule has 1 rings (SSSR count). The monoisotopic (exact) mass is 299 g/mol. The van der Waals surface area contributed by atoms with Gasteiger partial charge in [0.1, 0.15) is 6.04 Å². The standard InChI is InChI=1S/C13H18BrNO2/c1-4-12(13(16)17-3)15-9(2)10-6-5-7-11(14)8-10/h5-9,12,15H,4H2,1-3H3/t9-,12?/m1/s1. The van der Waals surface area contributed by atoms with Crippen LogP contribution in [-0.4, -0.2) is 19.1 Å². The van der Waals surface area contributed by atoms with Crippen LogP contribution >= 0.6 is 15.9 Å². The zero-order valence-corrected chi connectivity index (χ0v) is 12.0. The maximum Gasteiger partial charge on any atom is 0.322 e. The van der Waals surface area contributed by atoms with Gasteiger partial charge in [0, 0.05) is 10.5 Å². The number of ether oxygens (including phenoxy) is 1. The molecule has 4 heteroatoms. The zero-order valence-electron chi connectivity index (χ0n) is 10.4. The molecule has 0 saturated heterocycles. The Labute approximate surface area is 111 Å². The van der Waals surface area contributed by atoms with E-state index in [4.69, 9.17) is 4.74 Å². The highest BCUT2D eigenvalue weighted by Crippen LogP contribution is 2.18. The van der Waals surface area contributed by atoms with Gasteiger partial charge in [-0.25, -0.2) is 0 Å². The summed E-state index contributed by atoms with van der Waals surface area (Å²) in [6, 6.07) is 7.89. The zero-order chi connectivity index (χ0) is 12.8. The van der Waals surface area contributed by atoms with Gasteiger partial charge in [0.25, 0.3) is 0 Å². The lowest BCUT2D eigenvalue weighted by Crippen LogP contribution is -2.38. The van der Waals surface area contributed by atoms with E-state index in [2.05, 4.69) is 21.2 Å². The van der Waals surface area contributed by atoms with Gasteiger partial charge in [0.15, 0.2) is 0 Å². The minimum Gasteiger partial charge on any atom is -0.468 e. The van der Waals surface area contributed by atoms with Gasteiger partial charge in [0.05, 0.1) is 7.11 Å². The van der Waals surface area contributed by atoms with Crippen LogP contribution in [0.3, 0.4) is 0 Å². The molecule has 0 bridgehead atoms. The van der Waals surface area contributed by atoms with Crippen LogP contribution in [0.2, 0.25) is 0 Å². The Morgan fingerprint density at radius 1 is 1.53 bits per heavy atom. The minimum absolute atomic E-state index is 0.108. The van der Waals surface area contributed by atoms with Crippen molar-refractivity contribution >= 4 is 21.9 Å². The molecule has 0 heterocycles. The van der Waals surface area contributed by atoms with Gasteiger partial charge >= 0.3 is 5.97 Å². The lowest BCUT2D eigenvalue weighted by Gasteiger charge is -2.20. The molecule has 0 aromatic heterocycles. The average Bonchev–Trinajstić information content (AvgIpc) is 2.34. The number of hydrogen-bond acceptors (Lipinski definition) is 3. The molecule has 0 spiro atoms. The molecular weight excluding hydrogens is 282 g/mol. The van der Waals surface area contributed by atoms with E-state index in [-0.39, 0.29) is 18.1 Å². The van der Waals surface area contributed by atoms with Crippen molar-refractivity contribution in [3.63, 3.8) is 0 Å². The maximum absolute atomic E-state index is 11.5. The lowest BCUT2D eigenvalue weighted by molar-refractivity contribution is -0.143. The van der Waals surface area contributed by atoms with Crippen molar-refractivity contribution in [3.8, 4) is 0 Å². The van der Waals surface area contributed by atoms with Crippen LogP contribution in [0.25, 0.3) is 0 Å². The van der Waals surface area contributed by atoms with E-state index >= 15 is 0 Å². The summed E-state index contributed by atoms with van der Waals surface area (Å²) in [6.45, 7) is 4.00. The molecule has 0 aliphatic rings. The van der Waals surface area contributed by atoms with E-state index in [0.29, 0.717) is 6.42 Å². The number of benzene rings is 1. The van der Waals surface area contributed by atoms with E-state index in [1.165, 1.54) is 7.11 Å². The Bertz CT molecular complexity index is 381. The summed E-state index contributed by atoms with van der Waals surface area (Å²) in [5.41, 5.74) is 1.14. The maximum atomic E-state index is 11.5. The van der Waals surface area contributed by atoms with E-state index in [9.17, 15) is 4.79 Å². The molecule has 1 unspecified atom stereocenters. The van der Waals surface area contributed by atoms with E-state index in [0.717, 1.165) is 10.0 Å². The molecule has 0 aliphatic carbocycles. The molecule has 1 aromatic carbocycles. The summed E-state index contributed by atoms with van der Waals surface area (Å²) in [5, 5.41) is 3.27. The van der Waals surface area contributed by atoms with Crippen molar-refractivity contribution in [3.05, 3.63) is 34.3 Å². The first kappa shape index (κ1) is 14.2. The van der Waals surface area contributed by atoms with Gasteiger partial charge in [-0.05, 0) is 31.0 Å². The molecule has 1 N–H and O–H groups in total. The second kappa shape index (κ2) is 6.77. The van der Waals surface area contributed by atoms with Crippen molar-refractivity contribution in [1.82, 2.24) is 5.32 Å². The molecule has 0 aliphatic heterocycles. The topological polar surface area (TPSA) is 38.3 Å². The van der Waals surface area contributed by atoms with Crippen molar-refractivity contribution in [2.24, 2.45) is 0 Å². The number of halogens is 1. The largest absolute Gasteiger partial charge is 0.468 e. The SMILES string of the molecule is CCC(N[C@H](C)c1cccc(Br)c1)C(=O)OC. The molecule has 0 fully saturated rings. The number of methoxy groups -OCH3 is 1. The fourth-order valence-electron chi connectivity index (χ4n) is 1.67. The smallest absolute Gasteiger partial charge is 0.322 e. The van der Waals surface area contributed by atoms with Gasteiger partial charge in [-0.1, -0.05) is 35.0 Å². The first-order valence-corrected chi connectivity index (χ1v) is 6.47. The third kappa shape index (κ3) is 4.13. The van der Waals surface area contributed by atoms with Crippen LogP contribution in [0, 0.1) is 0 Å². The summed E-state index contributed by atoms with van der Waals surface area (Å²) in [5.74, 6) is -0.214. The Morgan fingerprint density at radius 2 is 2.24 bits per heavy atom. The first-order valence-electron chi connectivity index (χ1n) is 5.67. The fraction of sp³-hybridized carbons (Fsp3) is 0.462. The van der Waals surface area contributed by atoms with Gasteiger partial charge in [-0.15, -0.1) is 0 Å². The molecule has 0 radical (unpaired) electrons. The van der Waals surface area contributed by atoms with Crippen LogP contribution < -0.4 is 5.32 Å². The summed E-state index contributed by atoms with van der Waals surface area (Å²) in [7, 11) is 1.41. The number of esters is 1. The highest BCUT2D eigenvalue weighted by molar-refractivity contribution is 9.10. The fourth-order valence-corrected chi connectivity index (χ4v) is 2.09. The van der Waals surface area contributed by atoms with E-state index in [1.807, 2.05) is 38.1 Å². The highest BCUT2D eigenvalue weighted by atomic mass is 79.9. The van der Waals surface area contributed by atoms with E-state index < -0.39 is 0 Å². The number of hydrogen-bond donors (Lipinski definition) is 1. The van der Waals surface area contributed by atoms with Crippen molar-refractivity contribution in [2.75, 3.05) is 7.11 Å².